The van der Waals surface area contributed by atoms with Crippen LogP contribution in [0.3, 0.4) is 0 Å². The van der Waals surface area contributed by atoms with Gasteiger partial charge in [-0.15, -0.1) is 0 Å². The van der Waals surface area contributed by atoms with E-state index in [4.69, 9.17) is 0 Å². The zero-order valence-corrected chi connectivity index (χ0v) is 17.2. The Bertz CT molecular complexity index is 1270. The second-order valence-corrected chi connectivity index (χ2v) is 9.54. The van der Waals surface area contributed by atoms with Crippen molar-refractivity contribution in [3.63, 3.8) is 0 Å². The first kappa shape index (κ1) is 19.8. The third kappa shape index (κ3) is 3.59. The molecule has 158 valence electrons. The number of allylic oxidation sites excluding steroid dienone is 2. The van der Waals surface area contributed by atoms with Gasteiger partial charge in [-0.2, -0.15) is 0 Å². The van der Waals surface area contributed by atoms with Gasteiger partial charge in [0, 0.05) is 11.6 Å². The van der Waals surface area contributed by atoms with Crippen LogP contribution in [0.4, 0.5) is 20.2 Å². The molecule has 0 saturated heterocycles. The third-order valence-corrected chi connectivity index (χ3v) is 7.36. The summed E-state index contributed by atoms with van der Waals surface area (Å²) in [5.74, 6) is -0.685. The third-order valence-electron chi connectivity index (χ3n) is 5.99. The van der Waals surface area contributed by atoms with E-state index in [-0.39, 0.29) is 34.3 Å². The van der Waals surface area contributed by atoms with E-state index in [9.17, 15) is 17.2 Å². The van der Waals surface area contributed by atoms with Crippen LogP contribution in [0.25, 0.3) is 0 Å². The van der Waals surface area contributed by atoms with E-state index in [0.717, 1.165) is 23.2 Å². The van der Waals surface area contributed by atoms with E-state index >= 15 is 0 Å². The highest BCUT2D eigenvalue weighted by molar-refractivity contribution is 7.92. The first-order chi connectivity index (χ1) is 14.9. The number of anilines is 2. The molecule has 0 fully saturated rings. The van der Waals surface area contributed by atoms with E-state index in [1.807, 2.05) is 0 Å². The van der Waals surface area contributed by atoms with E-state index in [1.165, 1.54) is 36.4 Å². The molecule has 7 heteroatoms. The van der Waals surface area contributed by atoms with Crippen molar-refractivity contribution in [3.8, 4) is 0 Å². The lowest BCUT2D eigenvalue weighted by atomic mass is 9.77. The van der Waals surface area contributed by atoms with Crippen LogP contribution < -0.4 is 10.0 Å². The average molecular weight is 438 g/mol. The van der Waals surface area contributed by atoms with Gasteiger partial charge in [-0.1, -0.05) is 36.4 Å². The Morgan fingerprint density at radius 1 is 0.968 bits per heavy atom. The van der Waals surface area contributed by atoms with Crippen molar-refractivity contribution < 1.29 is 17.2 Å². The Balaban J connectivity index is 1.50. The van der Waals surface area contributed by atoms with Crippen LogP contribution in [0, 0.1) is 17.6 Å². The number of sulfonamides is 1. The number of nitrogens with one attached hydrogen (secondary N) is 2. The molecule has 3 aromatic rings. The maximum absolute atomic E-state index is 13.9. The van der Waals surface area contributed by atoms with Crippen molar-refractivity contribution in [1.29, 1.82) is 0 Å². The largest absolute Gasteiger partial charge is 0.378 e. The first-order valence-corrected chi connectivity index (χ1v) is 11.5. The molecule has 0 spiro atoms. The van der Waals surface area contributed by atoms with Gasteiger partial charge >= 0.3 is 0 Å². The lowest BCUT2D eigenvalue weighted by molar-refractivity contribution is 0.424. The van der Waals surface area contributed by atoms with Gasteiger partial charge < -0.3 is 5.32 Å². The minimum absolute atomic E-state index is 0.00732. The Kier molecular flexibility index (Phi) is 4.78. The molecular weight excluding hydrogens is 418 g/mol. The number of fused-ring (bicyclic) bond motifs is 3. The Morgan fingerprint density at radius 2 is 1.74 bits per heavy atom. The molecule has 2 N–H and O–H groups in total. The molecule has 31 heavy (non-hydrogen) atoms. The van der Waals surface area contributed by atoms with Crippen LogP contribution in [-0.2, 0) is 10.0 Å². The predicted octanol–water partition coefficient (Wildman–Crippen LogP) is 5.59. The SMILES string of the molecule is O=S(=O)(Nc1ccccc1F)c1ccc2c(c1)C1C=CCC1C(c1ccc(F)cc1)N2. The molecule has 4 nitrogen and oxygen atoms in total. The standard InChI is InChI=1S/C24H20F2N2O2S/c25-16-10-8-15(9-11-16)24-19-5-3-4-18(19)20-14-17(12-13-22(20)27-24)31(29,30)28-23-7-2-1-6-21(23)26/h1-4,6-14,18-19,24,27-28H,5H2. The van der Waals surface area contributed by atoms with E-state index in [1.54, 1.807) is 30.3 Å². The van der Waals surface area contributed by atoms with Gasteiger partial charge in [-0.3, -0.25) is 4.72 Å². The average Bonchev–Trinajstić information content (AvgIpc) is 3.25. The molecule has 1 aliphatic heterocycles. The summed E-state index contributed by atoms with van der Waals surface area (Å²) in [5, 5.41) is 3.50. The lowest BCUT2D eigenvalue weighted by Gasteiger charge is -2.37. The number of halogens is 2. The van der Waals surface area contributed by atoms with Crippen molar-refractivity contribution in [2.45, 2.75) is 23.3 Å². The summed E-state index contributed by atoms with van der Waals surface area (Å²) >= 11 is 0. The number of para-hydroxylation sites is 1. The van der Waals surface area contributed by atoms with Gasteiger partial charge in [0.2, 0.25) is 0 Å². The maximum Gasteiger partial charge on any atom is 0.261 e. The molecular formula is C24H20F2N2O2S. The maximum atomic E-state index is 13.9. The molecule has 0 aromatic heterocycles. The van der Waals surface area contributed by atoms with Crippen molar-refractivity contribution in [2.75, 3.05) is 10.0 Å². The molecule has 5 rings (SSSR count). The van der Waals surface area contributed by atoms with Crippen LogP contribution in [0.2, 0.25) is 0 Å². The first-order valence-electron chi connectivity index (χ1n) is 10.0. The molecule has 1 heterocycles. The van der Waals surface area contributed by atoms with Gasteiger partial charge in [0.15, 0.2) is 0 Å². The summed E-state index contributed by atoms with van der Waals surface area (Å²) in [4.78, 5) is 0.0792. The number of rotatable bonds is 4. The summed E-state index contributed by atoms with van der Waals surface area (Å²) in [6, 6.07) is 17.0. The van der Waals surface area contributed by atoms with Crippen molar-refractivity contribution in [2.24, 2.45) is 5.92 Å². The Hall–Kier alpha value is -3.19. The smallest absolute Gasteiger partial charge is 0.261 e. The number of benzene rings is 3. The molecule has 0 saturated carbocycles. The van der Waals surface area contributed by atoms with Gasteiger partial charge in [-0.05, 0) is 65.9 Å². The summed E-state index contributed by atoms with van der Waals surface area (Å²) < 4.78 is 55.5. The van der Waals surface area contributed by atoms with Gasteiger partial charge in [-0.25, -0.2) is 17.2 Å². The number of hydrogen-bond donors (Lipinski definition) is 2. The molecule has 0 amide bonds. The zero-order valence-electron chi connectivity index (χ0n) is 16.4. The summed E-state index contributed by atoms with van der Waals surface area (Å²) in [7, 11) is -3.95. The van der Waals surface area contributed by atoms with Crippen LogP contribution in [0.1, 0.15) is 29.5 Å². The van der Waals surface area contributed by atoms with Crippen molar-refractivity contribution >= 4 is 21.4 Å². The fourth-order valence-corrected chi connectivity index (χ4v) is 5.59. The minimum Gasteiger partial charge on any atom is -0.378 e. The summed E-state index contributed by atoms with van der Waals surface area (Å²) in [6.45, 7) is 0. The second-order valence-electron chi connectivity index (χ2n) is 7.86. The van der Waals surface area contributed by atoms with Crippen LogP contribution in [0.5, 0.6) is 0 Å². The molecule has 1 aliphatic carbocycles. The molecule has 0 radical (unpaired) electrons. The Morgan fingerprint density at radius 3 is 2.52 bits per heavy atom. The minimum atomic E-state index is -3.95. The summed E-state index contributed by atoms with van der Waals surface area (Å²) in [6.07, 6.45) is 5.03. The molecule has 2 aliphatic rings. The lowest BCUT2D eigenvalue weighted by Crippen LogP contribution is -2.29. The number of hydrogen-bond acceptors (Lipinski definition) is 3. The van der Waals surface area contributed by atoms with E-state index < -0.39 is 15.8 Å². The van der Waals surface area contributed by atoms with Crippen LogP contribution in [0.15, 0.2) is 83.8 Å². The second kappa shape index (κ2) is 7.50. The fraction of sp³-hybridized carbons (Fsp3) is 0.167. The topological polar surface area (TPSA) is 58.2 Å². The van der Waals surface area contributed by atoms with E-state index in [0.29, 0.717) is 0 Å². The zero-order chi connectivity index (χ0) is 21.6. The molecule has 0 bridgehead atoms. The highest BCUT2D eigenvalue weighted by Crippen LogP contribution is 2.50. The highest BCUT2D eigenvalue weighted by Gasteiger charge is 2.38. The monoisotopic (exact) mass is 438 g/mol. The van der Waals surface area contributed by atoms with E-state index in [2.05, 4.69) is 22.2 Å². The fourth-order valence-electron chi connectivity index (χ4n) is 4.49. The van der Waals surface area contributed by atoms with Crippen molar-refractivity contribution in [3.05, 3.63) is 102 Å². The predicted molar refractivity (Wildman–Crippen MR) is 116 cm³/mol. The van der Waals surface area contributed by atoms with Crippen LogP contribution >= 0.6 is 0 Å². The van der Waals surface area contributed by atoms with Gasteiger partial charge in [0.25, 0.3) is 10.0 Å². The molecule has 3 atom stereocenters. The molecule has 3 unspecified atom stereocenters. The summed E-state index contributed by atoms with van der Waals surface area (Å²) in [5.41, 5.74) is 2.62. The van der Waals surface area contributed by atoms with Gasteiger partial charge in [0.05, 0.1) is 16.6 Å². The van der Waals surface area contributed by atoms with Crippen molar-refractivity contribution in [1.82, 2.24) is 0 Å². The molecule has 3 aromatic carbocycles. The quantitative estimate of drug-likeness (QED) is 0.522. The highest BCUT2D eigenvalue weighted by atomic mass is 32.2. The van der Waals surface area contributed by atoms with Crippen LogP contribution in [-0.4, -0.2) is 8.42 Å². The Labute approximate surface area is 179 Å². The normalized spacial score (nSPS) is 21.8. The van der Waals surface area contributed by atoms with Gasteiger partial charge in [0.1, 0.15) is 11.6 Å².